The van der Waals surface area contributed by atoms with Gasteiger partial charge in [0.25, 0.3) is 0 Å². The van der Waals surface area contributed by atoms with Gasteiger partial charge < -0.3 is 33.8 Å². The van der Waals surface area contributed by atoms with E-state index >= 15 is 0 Å². The van der Waals surface area contributed by atoms with Crippen LogP contribution in [0.1, 0.15) is 388 Å². The summed E-state index contributed by atoms with van der Waals surface area (Å²) >= 11 is 0. The average Bonchev–Trinajstić information content (AvgIpc) is 2.23. The van der Waals surface area contributed by atoms with Crippen molar-refractivity contribution >= 4 is 39.5 Å². The first-order valence-electron chi connectivity index (χ1n) is 40.0. The molecule has 0 spiro atoms. The molecule has 572 valence electrons. The quantitative estimate of drug-likeness (QED) is 0.0169. The standard InChI is InChI=1S/C78H148O17P2/c1-6-10-13-16-19-21-23-25-27-28-29-30-31-32-34-36-38-43-48-53-58-63-77(82)95-74(68-89-76(81)62-57-52-47-42-37-35-33-26-24-22-20-17-14-11-7-2)70-93-97(86,87)91-66-72(79)65-90-96(84,85)92-69-73(67-88-75(80)61-56-51-45-18-15-12-8-3)94-78(83)64-59-54-49-44-40-39-41-46-50-55-60-71(5)9-4/h22,24,26,33,71-74,79H,6-21,23,25,27-32,34-70H2,1-5H3,(H,84,85)(H,86,87)/b24-22-,33-26-/t71?,72-,73+,74+/m0/s1. The molecule has 3 unspecified atom stereocenters. The van der Waals surface area contributed by atoms with Crippen LogP contribution in [0, 0.1) is 5.92 Å². The molecule has 0 fully saturated rings. The monoisotopic (exact) mass is 1420 g/mol. The molecule has 0 aromatic rings. The molecule has 0 aliphatic heterocycles. The molecule has 0 bridgehead atoms. The van der Waals surface area contributed by atoms with Gasteiger partial charge in [0.05, 0.1) is 26.4 Å². The van der Waals surface area contributed by atoms with Crippen LogP contribution in [-0.2, 0) is 65.4 Å². The molecule has 0 saturated carbocycles. The van der Waals surface area contributed by atoms with E-state index in [1.807, 2.05) is 0 Å². The number of hydrogen-bond donors (Lipinski definition) is 3. The highest BCUT2D eigenvalue weighted by Gasteiger charge is 2.30. The van der Waals surface area contributed by atoms with Gasteiger partial charge in [0, 0.05) is 25.7 Å². The number of carbonyl (C=O) groups excluding carboxylic acids is 4. The van der Waals surface area contributed by atoms with E-state index in [4.69, 9.17) is 37.0 Å². The number of hydrogen-bond acceptors (Lipinski definition) is 15. The Morgan fingerprint density at radius 2 is 0.577 bits per heavy atom. The molecule has 0 radical (unpaired) electrons. The third kappa shape index (κ3) is 70.4. The molecule has 0 aromatic heterocycles. The van der Waals surface area contributed by atoms with E-state index in [2.05, 4.69) is 58.9 Å². The van der Waals surface area contributed by atoms with Gasteiger partial charge in [-0.2, -0.15) is 0 Å². The fraction of sp³-hybridized carbons (Fsp3) is 0.897. The number of unbranched alkanes of at least 4 members (excludes halogenated alkanes) is 44. The third-order valence-electron chi connectivity index (χ3n) is 18.0. The van der Waals surface area contributed by atoms with Gasteiger partial charge in [0.15, 0.2) is 12.2 Å². The lowest BCUT2D eigenvalue weighted by atomic mass is 9.99. The summed E-state index contributed by atoms with van der Waals surface area (Å²) in [5.41, 5.74) is 0. The van der Waals surface area contributed by atoms with E-state index < -0.39 is 97.5 Å². The molecule has 19 heteroatoms. The fourth-order valence-electron chi connectivity index (χ4n) is 11.5. The van der Waals surface area contributed by atoms with Gasteiger partial charge in [0.1, 0.15) is 19.3 Å². The maximum atomic E-state index is 13.1. The van der Waals surface area contributed by atoms with Crippen LogP contribution in [0.3, 0.4) is 0 Å². The maximum absolute atomic E-state index is 13.1. The highest BCUT2D eigenvalue weighted by molar-refractivity contribution is 7.47. The average molecular weight is 1420 g/mol. The SMILES string of the molecule is CCCCCC/C=C\C=C/CCCCCCCC(=O)OC[C@H](COP(=O)(O)OC[C@@H](O)COP(=O)(O)OC[C@@H](COC(=O)CCCCCCCCC)OC(=O)CCCCCCCCCCCCC(C)CC)OC(=O)CCCCCCCCCCCCCCCCCCCCCCC. The van der Waals surface area contributed by atoms with E-state index in [9.17, 15) is 43.2 Å². The Morgan fingerprint density at radius 1 is 0.330 bits per heavy atom. The second-order valence-corrected chi connectivity index (χ2v) is 30.6. The summed E-state index contributed by atoms with van der Waals surface area (Å²) in [6.07, 6.45) is 63.4. The summed E-state index contributed by atoms with van der Waals surface area (Å²) < 4.78 is 68.4. The topological polar surface area (TPSA) is 237 Å². The van der Waals surface area contributed by atoms with Gasteiger partial charge in [-0.25, -0.2) is 9.13 Å². The first-order chi connectivity index (χ1) is 47.1. The lowest BCUT2D eigenvalue weighted by molar-refractivity contribution is -0.161. The van der Waals surface area contributed by atoms with E-state index in [-0.39, 0.29) is 25.7 Å². The Labute approximate surface area is 592 Å². The molecule has 0 aromatic carbocycles. The molecule has 0 saturated heterocycles. The van der Waals surface area contributed by atoms with Crippen molar-refractivity contribution in [3.8, 4) is 0 Å². The van der Waals surface area contributed by atoms with Crippen LogP contribution in [0.15, 0.2) is 24.3 Å². The van der Waals surface area contributed by atoms with Crippen LogP contribution < -0.4 is 0 Å². The van der Waals surface area contributed by atoms with Crippen molar-refractivity contribution in [2.24, 2.45) is 5.92 Å². The minimum Gasteiger partial charge on any atom is -0.462 e. The third-order valence-corrected chi connectivity index (χ3v) is 19.9. The van der Waals surface area contributed by atoms with Crippen molar-refractivity contribution < 1.29 is 80.2 Å². The van der Waals surface area contributed by atoms with Crippen LogP contribution in [0.25, 0.3) is 0 Å². The van der Waals surface area contributed by atoms with E-state index in [0.29, 0.717) is 25.7 Å². The molecule has 0 aliphatic carbocycles. The fourth-order valence-corrected chi connectivity index (χ4v) is 13.1. The second-order valence-electron chi connectivity index (χ2n) is 27.7. The minimum absolute atomic E-state index is 0.102. The lowest BCUT2D eigenvalue weighted by Gasteiger charge is -2.21. The highest BCUT2D eigenvalue weighted by Crippen LogP contribution is 2.45. The minimum atomic E-state index is -4.96. The van der Waals surface area contributed by atoms with Crippen molar-refractivity contribution in [1.29, 1.82) is 0 Å². The number of phosphoric acid groups is 2. The first kappa shape index (κ1) is 94.5. The molecule has 0 rings (SSSR count). The largest absolute Gasteiger partial charge is 0.472 e. The Balaban J connectivity index is 5.20. The molecule has 17 nitrogen and oxygen atoms in total. The molecule has 6 atom stereocenters. The van der Waals surface area contributed by atoms with Gasteiger partial charge in [0.2, 0.25) is 0 Å². The van der Waals surface area contributed by atoms with E-state index in [0.717, 1.165) is 128 Å². The summed E-state index contributed by atoms with van der Waals surface area (Å²) in [5, 5.41) is 10.6. The Hall–Kier alpha value is -2.46. The van der Waals surface area contributed by atoms with Gasteiger partial charge in [-0.3, -0.25) is 37.3 Å². The first-order valence-corrected chi connectivity index (χ1v) is 43.0. The molecule has 0 amide bonds. The number of esters is 4. The van der Waals surface area contributed by atoms with Crippen molar-refractivity contribution in [3.05, 3.63) is 24.3 Å². The number of phosphoric ester groups is 2. The van der Waals surface area contributed by atoms with Crippen molar-refractivity contribution in [2.45, 2.75) is 406 Å². The van der Waals surface area contributed by atoms with Crippen LogP contribution in [0.5, 0.6) is 0 Å². The summed E-state index contributed by atoms with van der Waals surface area (Å²) in [4.78, 5) is 72.7. The molecular formula is C78H148O17P2. The van der Waals surface area contributed by atoms with Gasteiger partial charge in [-0.05, 0) is 57.3 Å². The maximum Gasteiger partial charge on any atom is 0.472 e. The van der Waals surface area contributed by atoms with E-state index in [1.165, 1.54) is 180 Å². The summed E-state index contributed by atoms with van der Waals surface area (Å²) in [6, 6.07) is 0. The van der Waals surface area contributed by atoms with Crippen LogP contribution in [0.2, 0.25) is 0 Å². The molecule has 3 N–H and O–H groups in total. The number of aliphatic hydroxyl groups is 1. The molecular weight excluding hydrogens is 1270 g/mol. The number of rotatable bonds is 76. The molecule has 0 aliphatic rings. The normalized spacial score (nSPS) is 14.4. The zero-order chi connectivity index (χ0) is 71.2. The predicted molar refractivity (Wildman–Crippen MR) is 395 cm³/mol. The Kier molecular flexibility index (Phi) is 68.8. The summed E-state index contributed by atoms with van der Waals surface area (Å²) in [6.45, 7) is 7.21. The zero-order valence-electron chi connectivity index (χ0n) is 62.7. The van der Waals surface area contributed by atoms with Crippen LogP contribution >= 0.6 is 15.6 Å². The van der Waals surface area contributed by atoms with Crippen molar-refractivity contribution in [3.63, 3.8) is 0 Å². The van der Waals surface area contributed by atoms with Gasteiger partial charge in [-0.15, -0.1) is 0 Å². The van der Waals surface area contributed by atoms with Gasteiger partial charge >= 0.3 is 39.5 Å². The second kappa shape index (κ2) is 70.6. The number of allylic oxidation sites excluding steroid dienone is 4. The summed E-state index contributed by atoms with van der Waals surface area (Å²) in [7, 11) is -9.92. The predicted octanol–water partition coefficient (Wildman–Crippen LogP) is 22.8. The molecule has 0 heterocycles. The van der Waals surface area contributed by atoms with Crippen LogP contribution in [0.4, 0.5) is 0 Å². The lowest BCUT2D eigenvalue weighted by Crippen LogP contribution is -2.30. The van der Waals surface area contributed by atoms with Crippen molar-refractivity contribution in [1.82, 2.24) is 0 Å². The van der Waals surface area contributed by atoms with E-state index in [1.54, 1.807) is 0 Å². The number of carbonyl (C=O) groups is 4. The zero-order valence-corrected chi connectivity index (χ0v) is 64.5. The number of ether oxygens (including phenoxy) is 4. The van der Waals surface area contributed by atoms with Crippen LogP contribution in [-0.4, -0.2) is 96.7 Å². The summed E-state index contributed by atoms with van der Waals surface area (Å²) in [5.74, 6) is -1.35. The molecule has 97 heavy (non-hydrogen) atoms. The van der Waals surface area contributed by atoms with Crippen molar-refractivity contribution in [2.75, 3.05) is 39.6 Å². The van der Waals surface area contributed by atoms with Gasteiger partial charge in [-0.1, -0.05) is 335 Å². The Morgan fingerprint density at radius 3 is 0.876 bits per heavy atom. The smallest absolute Gasteiger partial charge is 0.462 e. The Bertz CT molecular complexity index is 1950. The highest BCUT2D eigenvalue weighted by atomic mass is 31.2. The number of aliphatic hydroxyl groups excluding tert-OH is 1.